The number of hydrogen-bond acceptors (Lipinski definition) is 4. The van der Waals surface area contributed by atoms with Crippen molar-refractivity contribution < 1.29 is 19.7 Å². The summed E-state index contributed by atoms with van der Waals surface area (Å²) < 4.78 is 4.97. The summed E-state index contributed by atoms with van der Waals surface area (Å²) in [5.41, 5.74) is 0.176. The molecule has 0 saturated heterocycles. The fraction of sp³-hybridized carbons (Fsp3) is 0.222. The first-order chi connectivity index (χ1) is 6.29. The number of benzene rings is 1. The van der Waals surface area contributed by atoms with Crippen LogP contribution in [0, 0.1) is 0 Å². The highest BCUT2D eigenvalue weighted by Crippen LogP contribution is 2.28. The highest BCUT2D eigenvalue weighted by molar-refractivity contribution is 5.80. The highest BCUT2D eigenvalue weighted by Gasteiger charge is 2.06. The van der Waals surface area contributed by atoms with Crippen molar-refractivity contribution in [1.82, 2.24) is 0 Å². The van der Waals surface area contributed by atoms with Gasteiger partial charge in [-0.3, -0.25) is 4.79 Å². The molecule has 70 valence electrons. The van der Waals surface area contributed by atoms with Crippen LogP contribution >= 0.6 is 0 Å². The molecule has 0 fully saturated rings. The van der Waals surface area contributed by atoms with Crippen LogP contribution in [0.3, 0.4) is 0 Å². The Balaban J connectivity index is 2.87. The summed E-state index contributed by atoms with van der Waals surface area (Å²) in [6, 6.07) is 4.60. The third-order valence-electron chi connectivity index (χ3n) is 1.51. The smallest absolute Gasteiger partial charge is 0.168 e. The minimum absolute atomic E-state index is 0.0931. The second kappa shape index (κ2) is 4.47. The standard InChI is InChI=1S/C9H10O4/c10-4-5-13-8-3-1-2-7(6-11)9(8)12/h1-3,6,10,12H,4-5H2. The summed E-state index contributed by atoms with van der Waals surface area (Å²) in [5, 5.41) is 17.8. The lowest BCUT2D eigenvalue weighted by Gasteiger charge is -2.06. The number of rotatable bonds is 4. The second-order valence-corrected chi connectivity index (χ2v) is 2.38. The van der Waals surface area contributed by atoms with Crippen LogP contribution in [0.2, 0.25) is 0 Å². The Kier molecular flexibility index (Phi) is 3.28. The van der Waals surface area contributed by atoms with Crippen molar-refractivity contribution >= 4 is 6.29 Å². The van der Waals surface area contributed by atoms with Gasteiger partial charge >= 0.3 is 0 Å². The second-order valence-electron chi connectivity index (χ2n) is 2.38. The number of para-hydroxylation sites is 1. The van der Waals surface area contributed by atoms with Crippen molar-refractivity contribution in [3.8, 4) is 11.5 Å². The van der Waals surface area contributed by atoms with E-state index in [0.717, 1.165) is 0 Å². The Labute approximate surface area is 75.4 Å². The number of carbonyl (C=O) groups is 1. The molecule has 0 heterocycles. The zero-order chi connectivity index (χ0) is 9.68. The lowest BCUT2D eigenvalue weighted by molar-refractivity contribution is 0.112. The van der Waals surface area contributed by atoms with Crippen LogP contribution < -0.4 is 4.74 Å². The third-order valence-corrected chi connectivity index (χ3v) is 1.51. The Morgan fingerprint density at radius 1 is 1.46 bits per heavy atom. The van der Waals surface area contributed by atoms with E-state index in [-0.39, 0.29) is 30.3 Å². The largest absolute Gasteiger partial charge is 0.504 e. The fourth-order valence-corrected chi connectivity index (χ4v) is 0.906. The Morgan fingerprint density at radius 3 is 2.85 bits per heavy atom. The number of aliphatic hydroxyl groups excluding tert-OH is 1. The van der Waals surface area contributed by atoms with E-state index >= 15 is 0 Å². The van der Waals surface area contributed by atoms with Crippen LogP contribution in [0.4, 0.5) is 0 Å². The van der Waals surface area contributed by atoms with E-state index in [2.05, 4.69) is 0 Å². The zero-order valence-corrected chi connectivity index (χ0v) is 6.93. The third kappa shape index (κ3) is 2.19. The van der Waals surface area contributed by atoms with Crippen molar-refractivity contribution in [1.29, 1.82) is 0 Å². The molecular formula is C9H10O4. The predicted octanol–water partition coefficient (Wildman–Crippen LogP) is 0.576. The van der Waals surface area contributed by atoms with Crippen LogP contribution in [0.25, 0.3) is 0 Å². The number of aromatic hydroxyl groups is 1. The molecule has 0 aliphatic carbocycles. The molecule has 1 rings (SSSR count). The average molecular weight is 182 g/mol. The van der Waals surface area contributed by atoms with E-state index in [1.807, 2.05) is 0 Å². The van der Waals surface area contributed by atoms with Crippen molar-refractivity contribution in [3.63, 3.8) is 0 Å². The van der Waals surface area contributed by atoms with Crippen LogP contribution in [0.15, 0.2) is 18.2 Å². The van der Waals surface area contributed by atoms with Gasteiger partial charge in [-0.15, -0.1) is 0 Å². The number of aldehydes is 1. The molecule has 1 aromatic carbocycles. The van der Waals surface area contributed by atoms with Gasteiger partial charge < -0.3 is 14.9 Å². The number of phenolic OH excluding ortho intramolecular Hbond substituents is 1. The van der Waals surface area contributed by atoms with Gasteiger partial charge in [0.25, 0.3) is 0 Å². The highest BCUT2D eigenvalue weighted by atomic mass is 16.5. The topological polar surface area (TPSA) is 66.8 Å². The van der Waals surface area contributed by atoms with Crippen molar-refractivity contribution in [2.24, 2.45) is 0 Å². The maximum Gasteiger partial charge on any atom is 0.168 e. The molecule has 1 aromatic rings. The number of carbonyl (C=O) groups excluding carboxylic acids is 1. The van der Waals surface area contributed by atoms with Gasteiger partial charge in [-0.25, -0.2) is 0 Å². The van der Waals surface area contributed by atoms with Crippen LogP contribution in [0.1, 0.15) is 10.4 Å². The van der Waals surface area contributed by atoms with Crippen LogP contribution in [-0.4, -0.2) is 29.7 Å². The molecule has 4 nitrogen and oxygen atoms in total. The molecule has 0 aliphatic heterocycles. The van der Waals surface area contributed by atoms with Crippen molar-refractivity contribution in [3.05, 3.63) is 23.8 Å². The Morgan fingerprint density at radius 2 is 2.23 bits per heavy atom. The molecule has 13 heavy (non-hydrogen) atoms. The average Bonchev–Trinajstić information content (AvgIpc) is 2.16. The molecule has 0 amide bonds. The van der Waals surface area contributed by atoms with Gasteiger partial charge in [0.05, 0.1) is 12.2 Å². The van der Waals surface area contributed by atoms with Crippen LogP contribution in [0.5, 0.6) is 11.5 Å². The molecule has 0 atom stereocenters. The number of aliphatic hydroxyl groups is 1. The Bertz CT molecular complexity index is 296. The molecule has 0 radical (unpaired) electrons. The summed E-state index contributed by atoms with van der Waals surface area (Å²) in [7, 11) is 0. The first kappa shape index (κ1) is 9.54. The van der Waals surface area contributed by atoms with Gasteiger partial charge in [0.2, 0.25) is 0 Å². The lowest BCUT2D eigenvalue weighted by Crippen LogP contribution is -2.02. The van der Waals surface area contributed by atoms with E-state index in [1.54, 1.807) is 6.07 Å². The van der Waals surface area contributed by atoms with Gasteiger partial charge in [-0.2, -0.15) is 0 Å². The fourth-order valence-electron chi connectivity index (χ4n) is 0.906. The molecule has 0 unspecified atom stereocenters. The van der Waals surface area contributed by atoms with Crippen molar-refractivity contribution in [2.75, 3.05) is 13.2 Å². The molecule has 4 heteroatoms. The number of hydrogen-bond donors (Lipinski definition) is 2. The molecule has 0 aliphatic rings. The predicted molar refractivity (Wildman–Crippen MR) is 46.1 cm³/mol. The van der Waals surface area contributed by atoms with E-state index in [1.165, 1.54) is 12.1 Å². The van der Waals surface area contributed by atoms with Gasteiger partial charge in [0.1, 0.15) is 6.61 Å². The molecule has 0 spiro atoms. The van der Waals surface area contributed by atoms with Gasteiger partial charge in [0, 0.05) is 0 Å². The number of ether oxygens (including phenoxy) is 1. The lowest BCUT2D eigenvalue weighted by atomic mass is 10.2. The molecule has 0 saturated carbocycles. The maximum absolute atomic E-state index is 10.4. The minimum Gasteiger partial charge on any atom is -0.504 e. The first-order valence-electron chi connectivity index (χ1n) is 3.80. The van der Waals surface area contributed by atoms with Gasteiger partial charge in [0.15, 0.2) is 17.8 Å². The molecule has 2 N–H and O–H groups in total. The van der Waals surface area contributed by atoms with Gasteiger partial charge in [-0.1, -0.05) is 6.07 Å². The Hall–Kier alpha value is -1.55. The summed E-state index contributed by atoms with van der Waals surface area (Å²) in [5.74, 6) is 0.0181. The maximum atomic E-state index is 10.4. The molecule has 0 aromatic heterocycles. The quantitative estimate of drug-likeness (QED) is 0.668. The van der Waals surface area contributed by atoms with E-state index < -0.39 is 0 Å². The first-order valence-corrected chi connectivity index (χ1v) is 3.80. The normalized spacial score (nSPS) is 9.62. The molecular weight excluding hydrogens is 172 g/mol. The SMILES string of the molecule is O=Cc1cccc(OCCO)c1O. The zero-order valence-electron chi connectivity index (χ0n) is 6.93. The summed E-state index contributed by atoms with van der Waals surface area (Å²) in [4.78, 5) is 10.4. The minimum atomic E-state index is -0.189. The monoisotopic (exact) mass is 182 g/mol. The van der Waals surface area contributed by atoms with E-state index in [0.29, 0.717) is 6.29 Å². The van der Waals surface area contributed by atoms with Crippen LogP contribution in [-0.2, 0) is 0 Å². The van der Waals surface area contributed by atoms with E-state index in [4.69, 9.17) is 9.84 Å². The van der Waals surface area contributed by atoms with Crippen molar-refractivity contribution in [2.45, 2.75) is 0 Å². The summed E-state index contributed by atoms with van der Waals surface area (Å²) >= 11 is 0. The summed E-state index contributed by atoms with van der Waals surface area (Å²) in [6.45, 7) is -0.0410. The van der Waals surface area contributed by atoms with Gasteiger partial charge in [-0.05, 0) is 12.1 Å². The molecule has 0 bridgehead atoms. The number of phenols is 1. The van der Waals surface area contributed by atoms with E-state index in [9.17, 15) is 9.90 Å². The summed E-state index contributed by atoms with van der Waals surface area (Å²) in [6.07, 6.45) is 0.543.